The number of ether oxygens (including phenoxy) is 2. The van der Waals surface area contributed by atoms with Crippen LogP contribution in [0.3, 0.4) is 0 Å². The van der Waals surface area contributed by atoms with Crippen molar-refractivity contribution in [3.8, 4) is 0 Å². The Hall–Kier alpha value is -1.19. The second kappa shape index (κ2) is 12.1. The Labute approximate surface area is 260 Å². The van der Waals surface area contributed by atoms with Gasteiger partial charge in [0.05, 0.1) is 11.0 Å². The van der Waals surface area contributed by atoms with Crippen molar-refractivity contribution in [1.29, 1.82) is 0 Å². The Morgan fingerprint density at radius 1 is 1.12 bits per heavy atom. The van der Waals surface area contributed by atoms with Crippen molar-refractivity contribution in [3.05, 3.63) is 23.8 Å². The summed E-state index contributed by atoms with van der Waals surface area (Å²) >= 11 is 20.7. The molecular formula is C29H37Cl4FO7. The molecule has 0 aromatic heterocycles. The van der Waals surface area contributed by atoms with Crippen LogP contribution in [0.25, 0.3) is 0 Å². The maximum absolute atomic E-state index is 13.9. The number of aliphatic hydroxyl groups is 1. The molecule has 0 radical (unpaired) electrons. The quantitative estimate of drug-likeness (QED) is 0.261. The third-order valence-corrected chi connectivity index (χ3v) is 10.7. The van der Waals surface area contributed by atoms with E-state index in [0.717, 1.165) is 5.57 Å². The first kappa shape index (κ1) is 34.3. The molecule has 0 unspecified atom stereocenters. The fourth-order valence-corrected chi connectivity index (χ4v) is 8.53. The highest BCUT2D eigenvalue weighted by Crippen LogP contribution is 2.72. The molecule has 0 heterocycles. The van der Waals surface area contributed by atoms with Gasteiger partial charge in [-0.25, -0.2) is 0 Å². The largest absolute Gasteiger partial charge is 0.457 e. The molecule has 12 heteroatoms. The average Bonchev–Trinajstić information content (AvgIpc) is 3.09. The van der Waals surface area contributed by atoms with Gasteiger partial charge in [0.2, 0.25) is 5.78 Å². The molecule has 0 aromatic carbocycles. The normalized spacial score (nSPS) is 39.3. The monoisotopic (exact) mass is 656 g/mol. The molecule has 0 aliphatic heterocycles. The second-order valence-electron chi connectivity index (χ2n) is 11.8. The van der Waals surface area contributed by atoms with Crippen molar-refractivity contribution in [2.24, 2.45) is 28.6 Å². The summed E-state index contributed by atoms with van der Waals surface area (Å²) in [4.78, 5) is 49.5. The SMILES string of the molecule is CCC(=O)OCC(=O)[C@@]1(OC(=O)CC)[C@@H](C)C[C@H]2[C@@H]3CCC4=CC(=O)C=C[C@]4(C)[C@@]3(Cl)[C@@H](O)C[C@@]21C.FC(Cl)(Cl)Cl. The van der Waals surface area contributed by atoms with Crippen molar-refractivity contribution in [2.45, 2.75) is 93.8 Å². The zero-order valence-electron chi connectivity index (χ0n) is 23.8. The van der Waals surface area contributed by atoms with E-state index in [4.69, 9.17) is 21.1 Å². The van der Waals surface area contributed by atoms with Gasteiger partial charge in [0, 0.05) is 29.6 Å². The Kier molecular flexibility index (Phi) is 10.1. The van der Waals surface area contributed by atoms with E-state index in [-0.39, 0.29) is 42.8 Å². The summed E-state index contributed by atoms with van der Waals surface area (Å²) in [6.07, 6.45) is 6.18. The predicted molar refractivity (Wildman–Crippen MR) is 154 cm³/mol. The van der Waals surface area contributed by atoms with Gasteiger partial charge in [0.25, 0.3) is 0 Å². The van der Waals surface area contributed by atoms with Crippen LogP contribution in [0.5, 0.6) is 0 Å². The number of fused-ring (bicyclic) bond motifs is 5. The fourth-order valence-electron chi connectivity index (χ4n) is 8.01. The molecule has 7 nitrogen and oxygen atoms in total. The summed E-state index contributed by atoms with van der Waals surface area (Å²) in [6.45, 7) is 8.61. The molecule has 0 bridgehead atoms. The van der Waals surface area contributed by atoms with E-state index in [1.165, 1.54) is 6.08 Å². The molecule has 0 aromatic rings. The first-order valence-electron chi connectivity index (χ1n) is 13.8. The smallest absolute Gasteiger partial charge is 0.333 e. The lowest BCUT2D eigenvalue weighted by atomic mass is 9.45. The lowest BCUT2D eigenvalue weighted by Gasteiger charge is -2.64. The molecule has 41 heavy (non-hydrogen) atoms. The van der Waals surface area contributed by atoms with Crippen molar-refractivity contribution >= 4 is 69.9 Å². The standard InChI is InChI=1S/C28H37ClO7.CCl3F/c1-6-23(33)35-15-22(32)28(36-24(34)7-2)16(3)12-20-19-9-8-17-13-18(30)10-11-25(17,4)27(19,29)21(31)14-26(20,28)5;2-1(3,4)5/h10-11,13,16,19-21,31H,6-9,12,14-15H2,1-5H3;/t16-,19-,20-,21-,25-,26-,27-,28-;/m0./s1. The lowest BCUT2D eigenvalue weighted by Crippen LogP contribution is -2.69. The molecule has 3 saturated carbocycles. The van der Waals surface area contributed by atoms with Gasteiger partial charge >= 0.3 is 16.0 Å². The predicted octanol–water partition coefficient (Wildman–Crippen LogP) is 6.37. The van der Waals surface area contributed by atoms with Crippen LogP contribution in [-0.2, 0) is 28.7 Å². The van der Waals surface area contributed by atoms with Crippen LogP contribution >= 0.6 is 46.4 Å². The Balaban J connectivity index is 0.000000850. The summed E-state index contributed by atoms with van der Waals surface area (Å²) < 4.78 is 19.7. The number of esters is 2. The molecule has 0 saturated heterocycles. The second-order valence-corrected chi connectivity index (χ2v) is 14.6. The fraction of sp³-hybridized carbons (Fsp3) is 0.724. The van der Waals surface area contributed by atoms with Crippen LogP contribution in [0.2, 0.25) is 0 Å². The van der Waals surface area contributed by atoms with Crippen LogP contribution in [-0.4, -0.2) is 55.8 Å². The van der Waals surface area contributed by atoms with Crippen molar-refractivity contribution in [3.63, 3.8) is 0 Å². The number of Topliss-reactive ketones (excluding diaryl/α,β-unsaturated/α-hetero) is 1. The topological polar surface area (TPSA) is 107 Å². The van der Waals surface area contributed by atoms with Crippen LogP contribution in [0.4, 0.5) is 4.39 Å². The number of carbonyl (C=O) groups excluding carboxylic acids is 4. The van der Waals surface area contributed by atoms with Gasteiger partial charge in [0.1, 0.15) is 0 Å². The maximum atomic E-state index is 13.9. The number of allylic oxidation sites excluding steroid dienone is 4. The van der Waals surface area contributed by atoms with Gasteiger partial charge in [-0.05, 0) is 84.5 Å². The van der Waals surface area contributed by atoms with Crippen LogP contribution in [0.15, 0.2) is 23.8 Å². The summed E-state index contributed by atoms with van der Waals surface area (Å²) in [7, 11) is 0. The number of aliphatic hydroxyl groups excluding tert-OH is 1. The van der Waals surface area contributed by atoms with Gasteiger partial charge in [-0.3, -0.25) is 19.2 Å². The van der Waals surface area contributed by atoms with E-state index in [0.29, 0.717) is 19.3 Å². The summed E-state index contributed by atoms with van der Waals surface area (Å²) in [5.74, 6) is -2.24. The molecule has 4 aliphatic carbocycles. The van der Waals surface area contributed by atoms with Crippen molar-refractivity contribution in [1.82, 2.24) is 0 Å². The highest BCUT2D eigenvalue weighted by molar-refractivity contribution is 6.66. The van der Waals surface area contributed by atoms with E-state index in [2.05, 4.69) is 34.8 Å². The number of halogens is 5. The molecule has 3 fully saturated rings. The Morgan fingerprint density at radius 2 is 1.71 bits per heavy atom. The van der Waals surface area contributed by atoms with Crippen molar-refractivity contribution < 1.29 is 38.1 Å². The highest BCUT2D eigenvalue weighted by Gasteiger charge is 2.76. The average molecular weight is 658 g/mol. The number of alkyl halides is 5. The van der Waals surface area contributed by atoms with Gasteiger partial charge in [-0.2, -0.15) is 4.39 Å². The molecule has 4 rings (SSSR count). The van der Waals surface area contributed by atoms with E-state index in [1.807, 2.05) is 26.8 Å². The van der Waals surface area contributed by atoms with Gasteiger partial charge in [-0.15, -0.1) is 11.6 Å². The number of hydrogen-bond donors (Lipinski definition) is 1. The van der Waals surface area contributed by atoms with Gasteiger partial charge in [0.15, 0.2) is 18.0 Å². The maximum Gasteiger partial charge on any atom is 0.333 e. The Morgan fingerprint density at radius 3 is 2.27 bits per heavy atom. The molecule has 8 atom stereocenters. The Bertz CT molecular complexity index is 1150. The molecule has 4 aliphatic rings. The first-order chi connectivity index (χ1) is 18.8. The first-order valence-corrected chi connectivity index (χ1v) is 15.3. The highest BCUT2D eigenvalue weighted by atomic mass is 35.6. The minimum atomic E-state index is -2.58. The van der Waals surface area contributed by atoms with E-state index < -0.39 is 55.8 Å². The van der Waals surface area contributed by atoms with Gasteiger partial charge < -0.3 is 14.6 Å². The number of rotatable bonds is 6. The lowest BCUT2D eigenvalue weighted by molar-refractivity contribution is -0.203. The van der Waals surface area contributed by atoms with Crippen LogP contribution in [0, 0.1) is 28.6 Å². The third-order valence-electron chi connectivity index (χ3n) is 9.81. The molecule has 0 amide bonds. The molecule has 1 N–H and O–H groups in total. The summed E-state index contributed by atoms with van der Waals surface area (Å²) in [5, 5.41) is 11.8. The number of ketones is 2. The van der Waals surface area contributed by atoms with E-state index in [1.54, 1.807) is 19.9 Å². The summed E-state index contributed by atoms with van der Waals surface area (Å²) in [5.41, 5.74) is -2.27. The van der Waals surface area contributed by atoms with E-state index >= 15 is 0 Å². The number of hydrogen-bond acceptors (Lipinski definition) is 7. The van der Waals surface area contributed by atoms with Crippen molar-refractivity contribution in [2.75, 3.05) is 6.61 Å². The molecule has 0 spiro atoms. The van der Waals surface area contributed by atoms with Gasteiger partial charge in [-0.1, -0.05) is 46.3 Å². The summed E-state index contributed by atoms with van der Waals surface area (Å²) in [6, 6.07) is 0. The zero-order valence-corrected chi connectivity index (χ0v) is 26.8. The third kappa shape index (κ3) is 5.85. The number of carbonyl (C=O) groups is 4. The van der Waals surface area contributed by atoms with Crippen LogP contribution < -0.4 is 0 Å². The minimum Gasteiger partial charge on any atom is -0.457 e. The zero-order chi connectivity index (χ0) is 31.2. The van der Waals surface area contributed by atoms with Crippen LogP contribution in [0.1, 0.15) is 73.1 Å². The van der Waals surface area contributed by atoms with E-state index in [9.17, 15) is 28.7 Å². The molecular weight excluding hydrogens is 621 g/mol. The molecule has 230 valence electrons. The minimum absolute atomic E-state index is 0.0801.